The lowest BCUT2D eigenvalue weighted by Gasteiger charge is -2.17. The second kappa shape index (κ2) is 3.24. The zero-order valence-electron chi connectivity index (χ0n) is 7.16. The van der Waals surface area contributed by atoms with Crippen molar-refractivity contribution in [1.29, 1.82) is 0 Å². The highest BCUT2D eigenvalue weighted by molar-refractivity contribution is 5.93. The van der Waals surface area contributed by atoms with E-state index in [0.29, 0.717) is 5.82 Å². The maximum atomic E-state index is 11.3. The van der Waals surface area contributed by atoms with Gasteiger partial charge in [0.25, 0.3) is 0 Å². The second-order valence-corrected chi connectivity index (χ2v) is 2.87. The van der Waals surface area contributed by atoms with Gasteiger partial charge in [0.2, 0.25) is 0 Å². The molecular weight excluding hydrogens is 186 g/mol. The quantitative estimate of drug-likeness (QED) is 0.550. The number of urea groups is 1. The molecule has 2 heterocycles. The lowest BCUT2D eigenvalue weighted by molar-refractivity contribution is 0.0328. The molecule has 0 bridgehead atoms. The molecule has 1 aromatic rings. The van der Waals surface area contributed by atoms with Crippen LogP contribution in [0.3, 0.4) is 0 Å². The van der Waals surface area contributed by atoms with Crippen molar-refractivity contribution in [2.45, 2.75) is 12.5 Å². The van der Waals surface area contributed by atoms with Crippen molar-refractivity contribution in [2.75, 3.05) is 4.90 Å². The van der Waals surface area contributed by atoms with E-state index < -0.39 is 18.5 Å². The Morgan fingerprint density at radius 1 is 1.43 bits per heavy atom. The summed E-state index contributed by atoms with van der Waals surface area (Å²) >= 11 is 0. The van der Waals surface area contributed by atoms with Crippen molar-refractivity contribution in [2.24, 2.45) is 0 Å². The number of nitrogens with one attached hydrogen (secondary N) is 1. The molecule has 6 heteroatoms. The summed E-state index contributed by atoms with van der Waals surface area (Å²) in [5.41, 5.74) is 0. The minimum Gasteiger partial charge on any atom is -0.369 e. The van der Waals surface area contributed by atoms with Crippen LogP contribution < -0.4 is 10.2 Å². The minimum absolute atomic E-state index is 0.300. The van der Waals surface area contributed by atoms with Crippen LogP contribution in [0.2, 0.25) is 0 Å². The summed E-state index contributed by atoms with van der Waals surface area (Å²) in [5.74, 6) is 0.300. The summed E-state index contributed by atoms with van der Waals surface area (Å²) < 4.78 is 0. The zero-order chi connectivity index (χ0) is 10.1. The van der Waals surface area contributed by atoms with E-state index in [0.717, 1.165) is 4.90 Å². The summed E-state index contributed by atoms with van der Waals surface area (Å²) in [5, 5.41) is 20.7. The van der Waals surface area contributed by atoms with Gasteiger partial charge in [-0.1, -0.05) is 6.07 Å². The molecule has 0 aliphatic carbocycles. The smallest absolute Gasteiger partial charge is 0.327 e. The molecule has 0 saturated carbocycles. The van der Waals surface area contributed by atoms with Crippen LogP contribution in [-0.4, -0.2) is 33.7 Å². The number of amides is 2. The van der Waals surface area contributed by atoms with E-state index in [4.69, 9.17) is 5.11 Å². The highest BCUT2D eigenvalue weighted by Gasteiger charge is 2.38. The Hall–Kier alpha value is -1.66. The monoisotopic (exact) mass is 195 g/mol. The molecule has 2 amide bonds. The molecule has 1 fully saturated rings. The third kappa shape index (κ3) is 1.30. The Labute approximate surface area is 79.8 Å². The van der Waals surface area contributed by atoms with Gasteiger partial charge in [-0.15, -0.1) is 0 Å². The van der Waals surface area contributed by atoms with Crippen LogP contribution in [0.5, 0.6) is 0 Å². The normalized spacial score (nSPS) is 26.4. The number of aliphatic hydroxyl groups is 2. The van der Waals surface area contributed by atoms with Crippen LogP contribution in [0.15, 0.2) is 24.4 Å². The van der Waals surface area contributed by atoms with E-state index in [1.807, 2.05) is 0 Å². The van der Waals surface area contributed by atoms with Gasteiger partial charge in [0, 0.05) is 6.20 Å². The number of pyridine rings is 1. The number of rotatable bonds is 1. The molecule has 14 heavy (non-hydrogen) atoms. The zero-order valence-corrected chi connectivity index (χ0v) is 7.16. The summed E-state index contributed by atoms with van der Waals surface area (Å²) in [6.45, 7) is 0. The van der Waals surface area contributed by atoms with Crippen molar-refractivity contribution in [3.8, 4) is 0 Å². The number of aliphatic hydroxyl groups excluding tert-OH is 2. The van der Waals surface area contributed by atoms with E-state index >= 15 is 0 Å². The predicted molar refractivity (Wildman–Crippen MR) is 47.3 cm³/mol. The summed E-state index contributed by atoms with van der Waals surface area (Å²) in [6, 6.07) is 4.39. The first-order valence-electron chi connectivity index (χ1n) is 4.07. The Morgan fingerprint density at radius 2 is 2.21 bits per heavy atom. The van der Waals surface area contributed by atoms with Crippen LogP contribution in [0, 0.1) is 0 Å². The van der Waals surface area contributed by atoms with Crippen molar-refractivity contribution in [3.63, 3.8) is 0 Å². The highest BCUT2D eigenvalue weighted by Crippen LogP contribution is 2.17. The van der Waals surface area contributed by atoms with Crippen molar-refractivity contribution in [3.05, 3.63) is 24.4 Å². The van der Waals surface area contributed by atoms with Gasteiger partial charge in [0.1, 0.15) is 5.82 Å². The molecule has 0 radical (unpaired) electrons. The van der Waals surface area contributed by atoms with Crippen LogP contribution in [0.25, 0.3) is 0 Å². The Kier molecular flexibility index (Phi) is 2.06. The SMILES string of the molecule is O=C1NC(O)C(O)N1c1ccccn1. The number of nitrogens with zero attached hydrogens (tertiary/aromatic N) is 2. The van der Waals surface area contributed by atoms with Gasteiger partial charge in [-0.3, -0.25) is 0 Å². The topological polar surface area (TPSA) is 85.7 Å². The average molecular weight is 195 g/mol. The lowest BCUT2D eigenvalue weighted by atomic mass is 10.4. The Morgan fingerprint density at radius 3 is 2.71 bits per heavy atom. The molecule has 1 aromatic heterocycles. The standard InChI is InChI=1S/C8H9N3O3/c12-6-7(13)11(8(14)10-6)5-3-1-2-4-9-5/h1-4,6-7,12-13H,(H,10,14). The fourth-order valence-electron chi connectivity index (χ4n) is 1.27. The minimum atomic E-state index is -1.29. The van der Waals surface area contributed by atoms with Gasteiger partial charge in [0.05, 0.1) is 0 Å². The fraction of sp³-hybridized carbons (Fsp3) is 0.250. The molecule has 2 unspecified atom stereocenters. The van der Waals surface area contributed by atoms with Crippen molar-refractivity contribution < 1.29 is 15.0 Å². The van der Waals surface area contributed by atoms with Gasteiger partial charge < -0.3 is 15.5 Å². The van der Waals surface area contributed by atoms with Crippen molar-refractivity contribution in [1.82, 2.24) is 10.3 Å². The first-order valence-corrected chi connectivity index (χ1v) is 4.07. The van der Waals surface area contributed by atoms with Crippen molar-refractivity contribution >= 4 is 11.8 Å². The van der Waals surface area contributed by atoms with Crippen LogP contribution in [-0.2, 0) is 0 Å². The van der Waals surface area contributed by atoms with Gasteiger partial charge in [-0.05, 0) is 12.1 Å². The van der Waals surface area contributed by atoms with Crippen LogP contribution >= 0.6 is 0 Å². The van der Waals surface area contributed by atoms with Gasteiger partial charge in [-0.25, -0.2) is 14.7 Å². The lowest BCUT2D eigenvalue weighted by Crippen LogP contribution is -2.36. The Bertz CT molecular complexity index is 343. The number of carbonyl (C=O) groups excluding carboxylic acids is 1. The molecule has 74 valence electrons. The molecular formula is C8H9N3O3. The van der Waals surface area contributed by atoms with E-state index in [-0.39, 0.29) is 0 Å². The van der Waals surface area contributed by atoms with E-state index in [9.17, 15) is 9.90 Å². The molecule has 6 nitrogen and oxygen atoms in total. The van der Waals surface area contributed by atoms with Gasteiger partial charge in [-0.2, -0.15) is 0 Å². The summed E-state index contributed by atoms with van der Waals surface area (Å²) in [7, 11) is 0. The molecule has 0 spiro atoms. The molecule has 1 aliphatic heterocycles. The predicted octanol–water partition coefficient (Wildman–Crippen LogP) is -0.752. The summed E-state index contributed by atoms with van der Waals surface area (Å²) in [4.78, 5) is 16.1. The number of hydrogen-bond donors (Lipinski definition) is 3. The maximum Gasteiger partial charge on any atom is 0.327 e. The number of aromatic nitrogens is 1. The number of hydrogen-bond acceptors (Lipinski definition) is 4. The van der Waals surface area contributed by atoms with Gasteiger partial charge in [0.15, 0.2) is 12.5 Å². The largest absolute Gasteiger partial charge is 0.369 e. The number of carbonyl (C=O) groups is 1. The molecule has 3 N–H and O–H groups in total. The van der Waals surface area contributed by atoms with E-state index in [1.165, 1.54) is 6.20 Å². The first-order chi connectivity index (χ1) is 6.70. The fourth-order valence-corrected chi connectivity index (χ4v) is 1.27. The average Bonchev–Trinajstić information content (AvgIpc) is 2.43. The van der Waals surface area contributed by atoms with Gasteiger partial charge >= 0.3 is 6.03 Å². The van der Waals surface area contributed by atoms with E-state index in [2.05, 4.69) is 10.3 Å². The molecule has 1 aliphatic rings. The van der Waals surface area contributed by atoms with Crippen LogP contribution in [0.1, 0.15) is 0 Å². The molecule has 0 aromatic carbocycles. The molecule has 2 rings (SSSR count). The number of anilines is 1. The molecule has 1 saturated heterocycles. The molecule has 2 atom stereocenters. The third-order valence-corrected chi connectivity index (χ3v) is 1.93. The highest BCUT2D eigenvalue weighted by atomic mass is 16.4. The maximum absolute atomic E-state index is 11.3. The Balaban J connectivity index is 2.31. The second-order valence-electron chi connectivity index (χ2n) is 2.87. The summed E-state index contributed by atoms with van der Waals surface area (Å²) in [6.07, 6.45) is -1.07. The first kappa shape index (κ1) is 8.92. The van der Waals surface area contributed by atoms with E-state index in [1.54, 1.807) is 18.2 Å². The third-order valence-electron chi connectivity index (χ3n) is 1.93. The van der Waals surface area contributed by atoms with Crippen LogP contribution in [0.4, 0.5) is 10.6 Å².